The fourth-order valence-corrected chi connectivity index (χ4v) is 1.83. The van der Waals surface area contributed by atoms with Gasteiger partial charge in [0.2, 0.25) is 5.75 Å². The Balaban J connectivity index is 2.43. The number of nitro groups is 1. The average molecular weight is 284 g/mol. The third-order valence-electron chi connectivity index (χ3n) is 2.88. The first-order valence-corrected chi connectivity index (χ1v) is 6.12. The van der Waals surface area contributed by atoms with E-state index >= 15 is 0 Å². The number of rotatable bonds is 4. The van der Waals surface area contributed by atoms with Crippen LogP contribution in [-0.4, -0.2) is 10.0 Å². The van der Waals surface area contributed by atoms with Gasteiger partial charge in [-0.2, -0.15) is 5.26 Å². The number of hydrogen-bond acceptors (Lipinski definition) is 5. The molecule has 0 amide bonds. The molecule has 0 aliphatic carbocycles. The summed E-state index contributed by atoms with van der Waals surface area (Å²) in [5, 5.41) is 29.2. The van der Waals surface area contributed by atoms with E-state index < -0.39 is 4.92 Å². The molecule has 6 nitrogen and oxygen atoms in total. The van der Waals surface area contributed by atoms with Crippen molar-refractivity contribution < 1.29 is 14.8 Å². The lowest BCUT2D eigenvalue weighted by Crippen LogP contribution is -1.96. The first-order chi connectivity index (χ1) is 10.0. The molecule has 0 aliphatic rings. The van der Waals surface area contributed by atoms with Crippen LogP contribution in [0.25, 0.3) is 0 Å². The van der Waals surface area contributed by atoms with Crippen molar-refractivity contribution in [2.24, 2.45) is 0 Å². The molecular formula is C15H12N2O4. The van der Waals surface area contributed by atoms with Crippen LogP contribution in [0.3, 0.4) is 0 Å². The number of benzene rings is 2. The highest BCUT2D eigenvalue weighted by Gasteiger charge is 2.17. The highest BCUT2D eigenvalue weighted by Crippen LogP contribution is 2.33. The monoisotopic (exact) mass is 284 g/mol. The summed E-state index contributed by atoms with van der Waals surface area (Å²) in [4.78, 5) is 10.5. The smallest absolute Gasteiger partial charge is 0.311 e. The Morgan fingerprint density at radius 2 is 2.00 bits per heavy atom. The lowest BCUT2D eigenvalue weighted by atomic mass is 10.1. The number of nitrogens with zero attached hydrogens (tertiary/aromatic N) is 2. The van der Waals surface area contributed by atoms with Crippen molar-refractivity contribution in [2.45, 2.75) is 13.5 Å². The fourth-order valence-electron chi connectivity index (χ4n) is 1.83. The fraction of sp³-hybridized carbons (Fsp3) is 0.133. The molecule has 6 heteroatoms. The number of nitro benzene ring substituents is 1. The summed E-state index contributed by atoms with van der Waals surface area (Å²) in [5.74, 6) is 0.278. The summed E-state index contributed by atoms with van der Waals surface area (Å²) in [5.41, 5.74) is 1.35. The first-order valence-electron chi connectivity index (χ1n) is 6.12. The number of ether oxygens (including phenoxy) is 1. The van der Waals surface area contributed by atoms with Crippen LogP contribution in [0.2, 0.25) is 0 Å². The summed E-state index contributed by atoms with van der Waals surface area (Å²) < 4.78 is 5.50. The molecule has 0 saturated heterocycles. The van der Waals surface area contributed by atoms with Gasteiger partial charge in [0.25, 0.3) is 0 Å². The van der Waals surface area contributed by atoms with Crippen LogP contribution in [0.15, 0.2) is 36.4 Å². The van der Waals surface area contributed by atoms with E-state index in [1.165, 1.54) is 24.3 Å². The van der Waals surface area contributed by atoms with Crippen molar-refractivity contribution in [2.75, 3.05) is 0 Å². The highest BCUT2D eigenvalue weighted by atomic mass is 16.6. The topological polar surface area (TPSA) is 96.4 Å². The molecule has 0 aliphatic heterocycles. The zero-order chi connectivity index (χ0) is 15.4. The van der Waals surface area contributed by atoms with Crippen molar-refractivity contribution in [3.05, 3.63) is 63.2 Å². The minimum atomic E-state index is -0.531. The second-order valence-electron chi connectivity index (χ2n) is 4.43. The van der Waals surface area contributed by atoms with Gasteiger partial charge in [0.05, 0.1) is 17.1 Å². The van der Waals surface area contributed by atoms with Gasteiger partial charge in [-0.1, -0.05) is 12.1 Å². The van der Waals surface area contributed by atoms with Crippen LogP contribution in [0, 0.1) is 28.4 Å². The van der Waals surface area contributed by atoms with Crippen molar-refractivity contribution >= 4 is 5.69 Å². The number of aliphatic hydroxyl groups excluding tert-OH is 1. The Bertz CT molecular complexity index is 735. The van der Waals surface area contributed by atoms with Crippen LogP contribution in [0.1, 0.15) is 16.7 Å². The van der Waals surface area contributed by atoms with Crippen LogP contribution in [0.5, 0.6) is 11.5 Å². The lowest BCUT2D eigenvalue weighted by molar-refractivity contribution is -0.385. The van der Waals surface area contributed by atoms with Crippen molar-refractivity contribution in [3.8, 4) is 17.6 Å². The van der Waals surface area contributed by atoms with Gasteiger partial charge < -0.3 is 9.84 Å². The van der Waals surface area contributed by atoms with E-state index in [0.717, 1.165) is 5.56 Å². The van der Waals surface area contributed by atoms with Crippen molar-refractivity contribution in [1.82, 2.24) is 0 Å². The summed E-state index contributed by atoms with van der Waals surface area (Å²) in [6.07, 6.45) is 0. The molecule has 0 saturated carbocycles. The standard InChI is InChI=1S/C15H12N2O4/c1-10-2-4-15(13(6-10)17(19)20)21-14-5-3-11(9-18)7-12(14)8-16/h2-7,18H,9H2,1H3. The molecular weight excluding hydrogens is 272 g/mol. The second-order valence-corrected chi connectivity index (χ2v) is 4.43. The van der Waals surface area contributed by atoms with E-state index in [2.05, 4.69) is 0 Å². The molecule has 2 rings (SSSR count). The average Bonchev–Trinajstić information content (AvgIpc) is 2.49. The Morgan fingerprint density at radius 3 is 2.62 bits per heavy atom. The van der Waals surface area contributed by atoms with Gasteiger partial charge in [-0.05, 0) is 36.2 Å². The second kappa shape index (κ2) is 6.03. The molecule has 1 N–H and O–H groups in total. The quantitative estimate of drug-likeness (QED) is 0.687. The van der Waals surface area contributed by atoms with E-state index in [1.807, 2.05) is 6.07 Å². The lowest BCUT2D eigenvalue weighted by Gasteiger charge is -2.09. The summed E-state index contributed by atoms with van der Waals surface area (Å²) >= 11 is 0. The van der Waals surface area contributed by atoms with Crippen molar-refractivity contribution in [1.29, 1.82) is 5.26 Å². The number of aryl methyl sites for hydroxylation is 1. The molecule has 0 aromatic heterocycles. The van der Waals surface area contributed by atoms with E-state index in [9.17, 15) is 10.1 Å². The molecule has 0 bridgehead atoms. The van der Waals surface area contributed by atoms with E-state index in [4.69, 9.17) is 15.1 Å². The number of aliphatic hydroxyl groups is 1. The van der Waals surface area contributed by atoms with Crippen molar-refractivity contribution in [3.63, 3.8) is 0 Å². The molecule has 0 radical (unpaired) electrons. The summed E-state index contributed by atoms with van der Waals surface area (Å²) in [6, 6.07) is 11.1. The maximum atomic E-state index is 11.0. The van der Waals surface area contributed by atoms with Gasteiger partial charge in [-0.25, -0.2) is 0 Å². The SMILES string of the molecule is Cc1ccc(Oc2ccc(CO)cc2C#N)c([N+](=O)[O-])c1. The predicted molar refractivity (Wildman–Crippen MR) is 75.0 cm³/mol. The van der Waals surface area contributed by atoms with Gasteiger partial charge in [0, 0.05) is 6.07 Å². The van der Waals surface area contributed by atoms with E-state index in [1.54, 1.807) is 19.1 Å². The van der Waals surface area contributed by atoms with Gasteiger partial charge >= 0.3 is 5.69 Å². The van der Waals surface area contributed by atoms with Crippen LogP contribution in [-0.2, 0) is 6.61 Å². The summed E-state index contributed by atoms with van der Waals surface area (Å²) in [6.45, 7) is 1.55. The first kappa shape index (κ1) is 14.5. The maximum absolute atomic E-state index is 11.0. The molecule has 0 unspecified atom stereocenters. The Morgan fingerprint density at radius 1 is 1.29 bits per heavy atom. The van der Waals surface area contributed by atoms with Crippen LogP contribution < -0.4 is 4.74 Å². The molecule has 106 valence electrons. The Labute approximate surface area is 121 Å². The van der Waals surface area contributed by atoms with Gasteiger partial charge in [-0.15, -0.1) is 0 Å². The summed E-state index contributed by atoms with van der Waals surface area (Å²) in [7, 11) is 0. The minimum absolute atomic E-state index is 0.0684. The van der Waals surface area contributed by atoms with E-state index in [0.29, 0.717) is 5.56 Å². The minimum Gasteiger partial charge on any atom is -0.449 e. The number of nitriles is 1. The number of hydrogen-bond donors (Lipinski definition) is 1. The Kier molecular flexibility index (Phi) is 4.16. The predicted octanol–water partition coefficient (Wildman–Crippen LogP) is 3.06. The largest absolute Gasteiger partial charge is 0.449 e. The molecule has 2 aromatic carbocycles. The van der Waals surface area contributed by atoms with Gasteiger partial charge in [0.1, 0.15) is 11.8 Å². The maximum Gasteiger partial charge on any atom is 0.311 e. The highest BCUT2D eigenvalue weighted by molar-refractivity contribution is 5.53. The molecule has 21 heavy (non-hydrogen) atoms. The van der Waals surface area contributed by atoms with Crippen LogP contribution in [0.4, 0.5) is 5.69 Å². The zero-order valence-electron chi connectivity index (χ0n) is 11.2. The molecule has 2 aromatic rings. The zero-order valence-corrected chi connectivity index (χ0v) is 11.2. The Hall–Kier alpha value is -2.91. The van der Waals surface area contributed by atoms with Gasteiger partial charge in [0.15, 0.2) is 0 Å². The normalized spacial score (nSPS) is 9.95. The molecule has 0 atom stereocenters. The third-order valence-corrected chi connectivity index (χ3v) is 2.88. The molecule has 0 fully saturated rings. The van der Waals surface area contributed by atoms with E-state index in [-0.39, 0.29) is 29.4 Å². The molecule has 0 spiro atoms. The molecule has 0 heterocycles. The van der Waals surface area contributed by atoms with Gasteiger partial charge in [-0.3, -0.25) is 10.1 Å². The third kappa shape index (κ3) is 3.16. The van der Waals surface area contributed by atoms with Crippen LogP contribution >= 0.6 is 0 Å².